The molecular formula is C20H26BN4O11P+. The maximum Gasteiger partial charge on any atom is 0.697 e. The van der Waals surface area contributed by atoms with Gasteiger partial charge in [0.2, 0.25) is 0 Å². The second-order valence-electron chi connectivity index (χ2n) is 8.60. The summed E-state index contributed by atoms with van der Waals surface area (Å²) in [5.41, 5.74) is -1.88. The van der Waals surface area contributed by atoms with Gasteiger partial charge >= 0.3 is 19.6 Å². The predicted octanol–water partition coefficient (Wildman–Crippen LogP) is -1.69. The second kappa shape index (κ2) is 11.8. The minimum absolute atomic E-state index is 0. The molecule has 4 heterocycles. The molecule has 4 rings (SSSR count). The normalized spacial score (nSPS) is 27.7. The Kier molecular flexibility index (Phi) is 9.18. The third-order valence-electron chi connectivity index (χ3n) is 6.04. The minimum Gasteiger partial charge on any atom is -0.394 e. The van der Waals surface area contributed by atoms with Crippen molar-refractivity contribution in [2.45, 2.75) is 63.6 Å². The molecule has 0 bridgehead atoms. The zero-order chi connectivity index (χ0) is 26.1. The van der Waals surface area contributed by atoms with Crippen molar-refractivity contribution in [2.75, 3.05) is 13.2 Å². The summed E-state index contributed by atoms with van der Waals surface area (Å²) in [5, 5.41) is 19.9. The molecule has 15 nitrogen and oxygen atoms in total. The fourth-order valence-electron chi connectivity index (χ4n) is 4.06. The van der Waals surface area contributed by atoms with E-state index in [0.717, 1.165) is 9.13 Å². The summed E-state index contributed by atoms with van der Waals surface area (Å²) in [5.74, 6) is 0. The monoisotopic (exact) mass is 540 g/mol. The van der Waals surface area contributed by atoms with Gasteiger partial charge in [-0.3, -0.25) is 28.7 Å². The highest BCUT2D eigenvalue weighted by molar-refractivity contribution is 7.33. The molecule has 2 aliphatic heterocycles. The maximum absolute atomic E-state index is 12.4. The Bertz CT molecular complexity index is 1370. The number of aromatic nitrogens is 4. The number of hydrogen-bond acceptors (Lipinski definition) is 11. The van der Waals surface area contributed by atoms with Crippen molar-refractivity contribution in [1.82, 2.24) is 19.1 Å². The van der Waals surface area contributed by atoms with Crippen LogP contribution in [0.15, 0.2) is 31.6 Å². The largest absolute Gasteiger partial charge is 0.697 e. The number of aryl methyl sites for hydroxylation is 2. The van der Waals surface area contributed by atoms with Gasteiger partial charge in [0.05, 0.1) is 12.7 Å². The van der Waals surface area contributed by atoms with Crippen molar-refractivity contribution in [3.8, 4) is 0 Å². The van der Waals surface area contributed by atoms with Crippen molar-refractivity contribution in [2.24, 2.45) is 0 Å². The Morgan fingerprint density at radius 1 is 0.973 bits per heavy atom. The number of hydrogen-bond donors (Lipinski definition) is 4. The van der Waals surface area contributed by atoms with Gasteiger partial charge in [0, 0.05) is 49.3 Å². The van der Waals surface area contributed by atoms with Crippen molar-refractivity contribution < 1.29 is 33.3 Å². The van der Waals surface area contributed by atoms with Gasteiger partial charge in [-0.2, -0.15) is 0 Å². The molecule has 3 radical (unpaired) electrons. The van der Waals surface area contributed by atoms with E-state index in [4.69, 9.17) is 18.5 Å². The predicted molar refractivity (Wildman–Crippen MR) is 126 cm³/mol. The van der Waals surface area contributed by atoms with E-state index in [1.807, 2.05) is 0 Å². The smallest absolute Gasteiger partial charge is 0.394 e. The minimum atomic E-state index is -2.74. The zero-order valence-corrected chi connectivity index (χ0v) is 20.8. The molecule has 199 valence electrons. The summed E-state index contributed by atoms with van der Waals surface area (Å²) in [7, 11) is -2.74. The van der Waals surface area contributed by atoms with Crippen LogP contribution in [0.5, 0.6) is 0 Å². The first-order valence-electron chi connectivity index (χ1n) is 11.1. The van der Waals surface area contributed by atoms with E-state index in [1.54, 1.807) is 0 Å². The number of nitrogens with one attached hydrogen (secondary N) is 2. The Hall–Kier alpha value is -2.72. The number of rotatable bonds is 8. The van der Waals surface area contributed by atoms with Crippen LogP contribution >= 0.6 is 8.25 Å². The van der Waals surface area contributed by atoms with Gasteiger partial charge in [-0.15, -0.1) is 9.05 Å². The molecule has 17 heteroatoms. The summed E-state index contributed by atoms with van der Waals surface area (Å²) in [6.45, 7) is 2.23. The molecule has 2 saturated heterocycles. The van der Waals surface area contributed by atoms with Crippen LogP contribution in [0, 0.1) is 13.8 Å². The maximum atomic E-state index is 12.4. The number of H-pyrrole nitrogens is 2. The van der Waals surface area contributed by atoms with E-state index >= 15 is 0 Å². The third-order valence-corrected chi connectivity index (χ3v) is 6.85. The number of aliphatic hydroxyl groups excluding tert-OH is 2. The molecule has 0 amide bonds. The summed E-state index contributed by atoms with van der Waals surface area (Å²) >= 11 is 0. The number of aromatic amines is 2. The first kappa shape index (κ1) is 28.9. The fraction of sp³-hybridized carbons (Fsp3) is 0.600. The zero-order valence-electron chi connectivity index (χ0n) is 19.9. The lowest BCUT2D eigenvalue weighted by Crippen LogP contribution is -2.33. The van der Waals surface area contributed by atoms with E-state index < -0.39 is 74.2 Å². The highest BCUT2D eigenvalue weighted by atomic mass is 31.1. The van der Waals surface area contributed by atoms with Crippen LogP contribution in [0.4, 0.5) is 0 Å². The van der Waals surface area contributed by atoms with Crippen LogP contribution in [0.3, 0.4) is 0 Å². The second-order valence-corrected chi connectivity index (χ2v) is 9.52. The molecule has 2 aromatic heterocycles. The van der Waals surface area contributed by atoms with Crippen LogP contribution in [-0.2, 0) is 23.1 Å². The average molecular weight is 540 g/mol. The topological polar surface area (TPSA) is 204 Å². The summed E-state index contributed by atoms with van der Waals surface area (Å²) in [4.78, 5) is 51.7. The van der Waals surface area contributed by atoms with E-state index in [9.17, 15) is 34.0 Å². The first-order valence-corrected chi connectivity index (χ1v) is 12.2. The molecule has 0 aromatic carbocycles. The molecule has 0 aliphatic carbocycles. The van der Waals surface area contributed by atoms with Crippen molar-refractivity contribution in [3.05, 3.63) is 65.2 Å². The molecule has 0 spiro atoms. The van der Waals surface area contributed by atoms with Crippen molar-refractivity contribution in [1.29, 1.82) is 0 Å². The highest BCUT2D eigenvalue weighted by Crippen LogP contribution is 2.38. The van der Waals surface area contributed by atoms with Gasteiger partial charge in [-0.05, 0) is 13.8 Å². The summed E-state index contributed by atoms with van der Waals surface area (Å²) < 4.78 is 36.6. The van der Waals surface area contributed by atoms with Gasteiger partial charge < -0.3 is 19.7 Å². The average Bonchev–Trinajstić information content (AvgIpc) is 3.40. The first-order chi connectivity index (χ1) is 17.1. The molecule has 2 aliphatic rings. The SMILES string of the molecule is Cc1cn([C@H]2C[C@H](O[P+](=O)OC[C@H]3O[C@@H](n4cc(C)c(=O)[nH]c4=O)C[C@@H]3O)[C@@H](CO)O2)c(=O)[nH]c1=O.[B]. The number of aliphatic hydroxyl groups is 2. The highest BCUT2D eigenvalue weighted by Gasteiger charge is 2.44. The fourth-order valence-corrected chi connectivity index (χ4v) is 4.83. The summed E-state index contributed by atoms with van der Waals surface area (Å²) in [6, 6.07) is 0. The number of nitrogens with zero attached hydrogens (tertiary/aromatic N) is 2. The van der Waals surface area contributed by atoms with Crippen LogP contribution in [-0.4, -0.2) is 75.4 Å². The molecule has 0 saturated carbocycles. The standard InChI is InChI=1S/C20H25N4O11P.B/c1-9-5-23(19(29)21-17(9)27)15-3-11(26)14(34-15)8-32-36(31)35-12-4-16(33-13(12)7-25)24-6-10(2)18(28)22-20(24)30;/h5-6,11-16,25-26H,3-4,7-8H2,1-2H3,(H-,21,22,27,28,29,30);/p+1/t11-,12-,13+,14+,15+,16+;/m0./s1. The third kappa shape index (κ3) is 6.23. The van der Waals surface area contributed by atoms with Gasteiger partial charge in [0.15, 0.2) is 0 Å². The Labute approximate surface area is 211 Å². The molecule has 2 fully saturated rings. The van der Waals surface area contributed by atoms with Crippen LogP contribution < -0.4 is 22.5 Å². The van der Waals surface area contributed by atoms with E-state index in [-0.39, 0.29) is 33.4 Å². The molecule has 7 atom stereocenters. The van der Waals surface area contributed by atoms with E-state index in [0.29, 0.717) is 5.56 Å². The van der Waals surface area contributed by atoms with Gasteiger partial charge in [-0.1, -0.05) is 0 Å². The van der Waals surface area contributed by atoms with Crippen LogP contribution in [0.2, 0.25) is 0 Å². The molecule has 1 unspecified atom stereocenters. The Morgan fingerprint density at radius 3 is 2.03 bits per heavy atom. The van der Waals surface area contributed by atoms with Crippen molar-refractivity contribution >= 4 is 16.7 Å². The lowest BCUT2D eigenvalue weighted by molar-refractivity contribution is -0.0504. The van der Waals surface area contributed by atoms with Gasteiger partial charge in [0.25, 0.3) is 11.1 Å². The molecule has 2 aromatic rings. The molecular weight excluding hydrogens is 514 g/mol. The number of ether oxygens (including phenoxy) is 2. The quantitative estimate of drug-likeness (QED) is 0.220. The Balaban J connectivity index is 0.00000380. The lowest BCUT2D eigenvalue weighted by atomic mass is 10.2. The van der Waals surface area contributed by atoms with Crippen molar-refractivity contribution in [3.63, 3.8) is 0 Å². The lowest BCUT2D eigenvalue weighted by Gasteiger charge is -2.14. The summed E-state index contributed by atoms with van der Waals surface area (Å²) in [6.07, 6.45) is -2.80. The van der Waals surface area contributed by atoms with Crippen LogP contribution in [0.1, 0.15) is 36.4 Å². The van der Waals surface area contributed by atoms with E-state index in [1.165, 1.54) is 26.2 Å². The van der Waals surface area contributed by atoms with Gasteiger partial charge in [-0.25, -0.2) is 9.59 Å². The van der Waals surface area contributed by atoms with Crippen LogP contribution in [0.25, 0.3) is 0 Å². The molecule has 37 heavy (non-hydrogen) atoms. The molecule has 4 N–H and O–H groups in total. The Morgan fingerprint density at radius 2 is 1.49 bits per heavy atom. The van der Waals surface area contributed by atoms with E-state index in [2.05, 4.69) is 9.97 Å². The van der Waals surface area contributed by atoms with Gasteiger partial charge in [0.1, 0.15) is 37.4 Å².